The standard InChI is InChI=1S/C29H32Cl2FN3O4S/c1-19-6-13-24(14-7-19)40(38,39)35(23-12-15-25(30)26(31)16-23)18-27(36)34(17-21-8-10-22(32)11-9-21)20(2)28(37)33-29(3,4)5/h6-16,20H,17-18H2,1-5H3,(H,33,37). The van der Waals surface area contributed by atoms with Gasteiger partial charge in [-0.05, 0) is 82.6 Å². The van der Waals surface area contributed by atoms with Gasteiger partial charge in [-0.25, -0.2) is 12.8 Å². The fraction of sp³-hybridized carbons (Fsp3) is 0.310. The van der Waals surface area contributed by atoms with Crippen molar-refractivity contribution in [3.63, 3.8) is 0 Å². The fourth-order valence-corrected chi connectivity index (χ4v) is 5.55. The molecule has 1 N–H and O–H groups in total. The normalized spacial score (nSPS) is 12.5. The van der Waals surface area contributed by atoms with Crippen molar-refractivity contribution >= 4 is 50.7 Å². The van der Waals surface area contributed by atoms with E-state index in [9.17, 15) is 22.4 Å². The lowest BCUT2D eigenvalue weighted by Crippen LogP contribution is -2.54. The summed E-state index contributed by atoms with van der Waals surface area (Å²) in [5, 5.41) is 3.18. The minimum atomic E-state index is -4.25. The molecule has 3 rings (SSSR count). The van der Waals surface area contributed by atoms with Crippen LogP contribution in [0.2, 0.25) is 10.0 Å². The van der Waals surface area contributed by atoms with Crippen LogP contribution in [0.4, 0.5) is 10.1 Å². The molecule has 7 nitrogen and oxygen atoms in total. The lowest BCUT2D eigenvalue weighted by Gasteiger charge is -2.33. The molecule has 0 saturated heterocycles. The summed E-state index contributed by atoms with van der Waals surface area (Å²) in [6.07, 6.45) is 0. The molecule has 11 heteroatoms. The SMILES string of the molecule is Cc1ccc(S(=O)(=O)N(CC(=O)N(Cc2ccc(F)cc2)C(C)C(=O)NC(C)(C)C)c2ccc(Cl)c(Cl)c2)cc1. The van der Waals surface area contributed by atoms with Gasteiger partial charge in [-0.2, -0.15) is 0 Å². The molecule has 3 aromatic rings. The summed E-state index contributed by atoms with van der Waals surface area (Å²) in [7, 11) is -4.25. The summed E-state index contributed by atoms with van der Waals surface area (Å²) < 4.78 is 42.2. The maximum Gasteiger partial charge on any atom is 0.264 e. The molecule has 0 aliphatic rings. The van der Waals surface area contributed by atoms with Crippen molar-refractivity contribution in [2.24, 2.45) is 0 Å². The Labute approximate surface area is 244 Å². The van der Waals surface area contributed by atoms with E-state index in [0.29, 0.717) is 5.56 Å². The number of nitrogens with one attached hydrogen (secondary N) is 1. The van der Waals surface area contributed by atoms with Crippen LogP contribution in [0.3, 0.4) is 0 Å². The summed E-state index contributed by atoms with van der Waals surface area (Å²) in [5.41, 5.74) is 0.973. The number of benzene rings is 3. The first-order valence-corrected chi connectivity index (χ1v) is 14.7. The molecule has 214 valence electrons. The number of rotatable bonds is 9. The highest BCUT2D eigenvalue weighted by atomic mass is 35.5. The van der Waals surface area contributed by atoms with E-state index in [1.165, 1.54) is 59.5 Å². The second kappa shape index (κ2) is 12.6. The van der Waals surface area contributed by atoms with Gasteiger partial charge in [0, 0.05) is 12.1 Å². The number of carbonyl (C=O) groups excluding carboxylic acids is 2. The Morgan fingerprint density at radius 3 is 2.10 bits per heavy atom. The molecule has 40 heavy (non-hydrogen) atoms. The Morgan fingerprint density at radius 2 is 1.55 bits per heavy atom. The average Bonchev–Trinajstić information content (AvgIpc) is 2.87. The van der Waals surface area contributed by atoms with Gasteiger partial charge in [-0.1, -0.05) is 53.0 Å². The Bertz CT molecular complexity index is 1470. The van der Waals surface area contributed by atoms with Crippen LogP contribution >= 0.6 is 23.2 Å². The van der Waals surface area contributed by atoms with Crippen molar-refractivity contribution < 1.29 is 22.4 Å². The van der Waals surface area contributed by atoms with Crippen LogP contribution in [0.1, 0.15) is 38.8 Å². The fourth-order valence-electron chi connectivity index (χ4n) is 3.85. The number of amides is 2. The molecule has 2 amide bonds. The number of hydrogen-bond acceptors (Lipinski definition) is 4. The molecular formula is C29H32Cl2FN3O4S. The molecule has 0 aliphatic heterocycles. The van der Waals surface area contributed by atoms with Crippen LogP contribution in [-0.2, 0) is 26.2 Å². The zero-order valence-electron chi connectivity index (χ0n) is 22.9. The van der Waals surface area contributed by atoms with Gasteiger partial charge in [-0.15, -0.1) is 0 Å². The summed E-state index contributed by atoms with van der Waals surface area (Å²) in [6.45, 7) is 8.12. The van der Waals surface area contributed by atoms with Crippen molar-refractivity contribution in [2.45, 2.75) is 57.6 Å². The average molecular weight is 609 g/mol. The molecule has 0 aromatic heterocycles. The molecule has 0 bridgehead atoms. The molecule has 0 saturated carbocycles. The van der Waals surface area contributed by atoms with Gasteiger partial charge in [0.25, 0.3) is 10.0 Å². The van der Waals surface area contributed by atoms with Crippen molar-refractivity contribution in [1.29, 1.82) is 0 Å². The zero-order chi connectivity index (χ0) is 29.8. The minimum Gasteiger partial charge on any atom is -0.350 e. The monoisotopic (exact) mass is 607 g/mol. The molecule has 1 unspecified atom stereocenters. The van der Waals surface area contributed by atoms with Crippen molar-refractivity contribution in [1.82, 2.24) is 10.2 Å². The second-order valence-corrected chi connectivity index (χ2v) is 13.2. The second-order valence-electron chi connectivity index (χ2n) is 10.5. The van der Waals surface area contributed by atoms with Gasteiger partial charge in [-0.3, -0.25) is 13.9 Å². The number of hydrogen-bond donors (Lipinski definition) is 1. The van der Waals surface area contributed by atoms with E-state index in [0.717, 1.165) is 9.87 Å². The highest BCUT2D eigenvalue weighted by molar-refractivity contribution is 7.92. The maximum absolute atomic E-state index is 13.9. The summed E-state index contributed by atoms with van der Waals surface area (Å²) in [4.78, 5) is 28.2. The lowest BCUT2D eigenvalue weighted by atomic mass is 10.1. The largest absolute Gasteiger partial charge is 0.350 e. The molecule has 0 heterocycles. The van der Waals surface area contributed by atoms with Crippen molar-refractivity contribution in [3.05, 3.63) is 93.7 Å². The summed E-state index contributed by atoms with van der Waals surface area (Å²) >= 11 is 12.3. The van der Waals surface area contributed by atoms with E-state index in [1.54, 1.807) is 19.1 Å². The number of anilines is 1. The molecular weight excluding hydrogens is 576 g/mol. The first kappa shape index (κ1) is 31.4. The van der Waals surface area contributed by atoms with Gasteiger partial charge in [0.2, 0.25) is 11.8 Å². The first-order chi connectivity index (χ1) is 18.6. The van der Waals surface area contributed by atoms with E-state index in [-0.39, 0.29) is 27.2 Å². The van der Waals surface area contributed by atoms with Gasteiger partial charge in [0.15, 0.2) is 0 Å². The molecule has 3 aromatic carbocycles. The maximum atomic E-state index is 13.9. The Hall–Kier alpha value is -3.14. The smallest absolute Gasteiger partial charge is 0.264 e. The first-order valence-electron chi connectivity index (χ1n) is 12.5. The molecule has 0 radical (unpaired) electrons. The third-order valence-corrected chi connectivity index (χ3v) is 8.54. The van der Waals surface area contributed by atoms with E-state index in [4.69, 9.17) is 23.2 Å². The molecule has 0 spiro atoms. The van der Waals surface area contributed by atoms with Crippen LogP contribution in [-0.4, -0.2) is 43.3 Å². The third-order valence-electron chi connectivity index (χ3n) is 6.01. The molecule has 1 atom stereocenters. The van der Waals surface area contributed by atoms with Crippen molar-refractivity contribution in [3.8, 4) is 0 Å². The van der Waals surface area contributed by atoms with E-state index >= 15 is 0 Å². The number of carbonyl (C=O) groups is 2. The Balaban J connectivity index is 2.06. The highest BCUT2D eigenvalue weighted by Gasteiger charge is 2.33. The highest BCUT2D eigenvalue weighted by Crippen LogP contribution is 2.31. The van der Waals surface area contributed by atoms with Gasteiger partial charge < -0.3 is 10.2 Å². The quantitative estimate of drug-likeness (QED) is 0.325. The van der Waals surface area contributed by atoms with Crippen LogP contribution < -0.4 is 9.62 Å². The number of aryl methyl sites for hydroxylation is 1. The van der Waals surface area contributed by atoms with E-state index in [2.05, 4.69) is 5.32 Å². The van der Waals surface area contributed by atoms with Crippen LogP contribution in [0, 0.1) is 12.7 Å². The molecule has 0 aliphatic carbocycles. The number of sulfonamides is 1. The van der Waals surface area contributed by atoms with E-state index < -0.39 is 45.8 Å². The van der Waals surface area contributed by atoms with Gasteiger partial charge in [0.05, 0.1) is 20.6 Å². The number of halogens is 3. The zero-order valence-corrected chi connectivity index (χ0v) is 25.2. The third kappa shape index (κ3) is 7.96. The van der Waals surface area contributed by atoms with Crippen LogP contribution in [0.5, 0.6) is 0 Å². The Morgan fingerprint density at radius 1 is 0.950 bits per heavy atom. The topological polar surface area (TPSA) is 86.8 Å². The number of nitrogens with zero attached hydrogens (tertiary/aromatic N) is 2. The summed E-state index contributed by atoms with van der Waals surface area (Å²) in [5.74, 6) is -1.52. The van der Waals surface area contributed by atoms with Gasteiger partial charge >= 0.3 is 0 Å². The minimum absolute atomic E-state index is 0.0272. The predicted molar refractivity (Wildman–Crippen MR) is 156 cm³/mol. The predicted octanol–water partition coefficient (Wildman–Crippen LogP) is 5.97. The van der Waals surface area contributed by atoms with Crippen molar-refractivity contribution in [2.75, 3.05) is 10.8 Å². The summed E-state index contributed by atoms with van der Waals surface area (Å²) in [6, 6.07) is 15.0. The van der Waals surface area contributed by atoms with Gasteiger partial charge in [0.1, 0.15) is 18.4 Å². The molecule has 0 fully saturated rings. The lowest BCUT2D eigenvalue weighted by molar-refractivity contribution is -0.140. The Kier molecular flexibility index (Phi) is 9.87. The van der Waals surface area contributed by atoms with E-state index in [1.807, 2.05) is 27.7 Å². The van der Waals surface area contributed by atoms with Crippen LogP contribution in [0.25, 0.3) is 0 Å². The van der Waals surface area contributed by atoms with Crippen LogP contribution in [0.15, 0.2) is 71.6 Å².